The highest BCUT2D eigenvalue weighted by molar-refractivity contribution is 5.84. The van der Waals surface area contributed by atoms with E-state index in [2.05, 4.69) is 16.6 Å². The summed E-state index contributed by atoms with van der Waals surface area (Å²) in [6.45, 7) is 3.86. The van der Waals surface area contributed by atoms with E-state index in [1.54, 1.807) is 11.0 Å². The number of hydrogen-bond acceptors (Lipinski definition) is 5. The molecule has 2 atom stereocenters. The Hall–Kier alpha value is -3.41. The van der Waals surface area contributed by atoms with Gasteiger partial charge in [0.05, 0.1) is 18.8 Å². The number of halogens is 1. The van der Waals surface area contributed by atoms with E-state index in [0.29, 0.717) is 31.0 Å². The first-order valence-corrected chi connectivity index (χ1v) is 14.3. The lowest BCUT2D eigenvalue weighted by Crippen LogP contribution is -2.50. The number of aliphatic hydroxyl groups excluding tert-OH is 1. The molecule has 214 valence electrons. The van der Waals surface area contributed by atoms with E-state index in [0.717, 1.165) is 43.2 Å². The number of hydrogen-bond donors (Lipinski definition) is 3. The summed E-state index contributed by atoms with van der Waals surface area (Å²) in [5.41, 5.74) is 2.20. The Morgan fingerprint density at radius 3 is 2.80 bits per heavy atom. The van der Waals surface area contributed by atoms with Gasteiger partial charge in [0.1, 0.15) is 11.6 Å². The molecular weight excluding hydrogens is 509 g/mol. The standard InChI is InChI=1S/C32H40FN3O4/c1-3-14-36-15-5-6-16-40-27-19-24(18-26(33)21-27)20-28(35-30(38)10-11-31(36)39)29(37)22-34-32(12-13-32)25-9-7-8-23(4-2)17-25/h2,7-9,17-19,21,28-29,34,37H,3,5-6,10-16,20,22H2,1H3,(H,35,38)/t28-,29+/m0/s1. The van der Waals surface area contributed by atoms with E-state index < -0.39 is 18.0 Å². The summed E-state index contributed by atoms with van der Waals surface area (Å²) in [5, 5.41) is 17.7. The average Bonchev–Trinajstić information content (AvgIpc) is 3.74. The van der Waals surface area contributed by atoms with Gasteiger partial charge in [0.25, 0.3) is 0 Å². The molecule has 3 N–H and O–H groups in total. The van der Waals surface area contributed by atoms with Crippen molar-refractivity contribution in [3.8, 4) is 18.1 Å². The molecule has 0 unspecified atom stereocenters. The second-order valence-electron chi connectivity index (χ2n) is 10.9. The first-order chi connectivity index (χ1) is 19.3. The molecule has 1 aliphatic heterocycles. The highest BCUT2D eigenvalue weighted by Crippen LogP contribution is 2.45. The third kappa shape index (κ3) is 8.06. The number of benzene rings is 2. The first-order valence-electron chi connectivity index (χ1n) is 14.3. The molecule has 0 spiro atoms. The van der Waals surface area contributed by atoms with Crippen LogP contribution in [0.1, 0.15) is 68.6 Å². The number of terminal acetylenes is 1. The summed E-state index contributed by atoms with van der Waals surface area (Å²) >= 11 is 0. The second kappa shape index (κ2) is 13.8. The first kappa shape index (κ1) is 29.6. The molecule has 2 aromatic carbocycles. The van der Waals surface area contributed by atoms with Crippen molar-refractivity contribution in [1.29, 1.82) is 0 Å². The minimum atomic E-state index is -0.962. The predicted molar refractivity (Wildman–Crippen MR) is 152 cm³/mol. The van der Waals surface area contributed by atoms with Crippen molar-refractivity contribution >= 4 is 11.8 Å². The normalized spacial score (nSPS) is 20.6. The molecule has 40 heavy (non-hydrogen) atoms. The maximum Gasteiger partial charge on any atom is 0.223 e. The smallest absolute Gasteiger partial charge is 0.223 e. The number of fused-ring (bicyclic) bond motifs is 2. The Kier molecular flexibility index (Phi) is 10.2. The van der Waals surface area contributed by atoms with Gasteiger partial charge >= 0.3 is 0 Å². The van der Waals surface area contributed by atoms with Crippen LogP contribution in [-0.2, 0) is 21.5 Å². The molecule has 4 rings (SSSR count). The summed E-state index contributed by atoms with van der Waals surface area (Å²) < 4.78 is 20.3. The summed E-state index contributed by atoms with van der Waals surface area (Å²) in [4.78, 5) is 27.6. The van der Waals surface area contributed by atoms with Crippen LogP contribution in [0.15, 0.2) is 42.5 Å². The minimum Gasteiger partial charge on any atom is -0.493 e. The van der Waals surface area contributed by atoms with E-state index in [4.69, 9.17) is 11.2 Å². The number of amides is 2. The van der Waals surface area contributed by atoms with Crippen molar-refractivity contribution < 1.29 is 23.8 Å². The molecular formula is C32H40FN3O4. The van der Waals surface area contributed by atoms with Crippen LogP contribution in [0.4, 0.5) is 4.39 Å². The zero-order valence-corrected chi connectivity index (χ0v) is 23.3. The van der Waals surface area contributed by atoms with Crippen molar-refractivity contribution in [3.05, 3.63) is 65.0 Å². The lowest BCUT2D eigenvalue weighted by atomic mass is 9.98. The topological polar surface area (TPSA) is 90.9 Å². The Bertz CT molecular complexity index is 1220. The Morgan fingerprint density at radius 2 is 2.05 bits per heavy atom. The maximum atomic E-state index is 14.5. The van der Waals surface area contributed by atoms with Gasteiger partial charge in [0.2, 0.25) is 11.8 Å². The average molecular weight is 550 g/mol. The second-order valence-corrected chi connectivity index (χ2v) is 10.9. The fourth-order valence-corrected chi connectivity index (χ4v) is 5.28. The number of nitrogens with one attached hydrogen (secondary N) is 2. The van der Waals surface area contributed by atoms with Gasteiger partial charge in [0, 0.05) is 49.6 Å². The summed E-state index contributed by atoms with van der Waals surface area (Å²) in [7, 11) is 0. The van der Waals surface area contributed by atoms with Gasteiger partial charge in [-0.3, -0.25) is 9.59 Å². The lowest BCUT2D eigenvalue weighted by molar-refractivity contribution is -0.134. The Labute approximate surface area is 236 Å². The van der Waals surface area contributed by atoms with Crippen molar-refractivity contribution in [2.75, 3.05) is 26.2 Å². The Balaban J connectivity index is 1.50. The molecule has 0 saturated heterocycles. The molecule has 1 fully saturated rings. The molecule has 2 bridgehead atoms. The van der Waals surface area contributed by atoms with E-state index in [9.17, 15) is 19.1 Å². The monoisotopic (exact) mass is 549 g/mol. The molecule has 0 aromatic heterocycles. The van der Waals surface area contributed by atoms with Crippen LogP contribution in [-0.4, -0.2) is 60.2 Å². The van der Waals surface area contributed by atoms with Gasteiger partial charge in [-0.2, -0.15) is 0 Å². The SMILES string of the molecule is C#Cc1cccc(C2(NC[C@@H](O)[C@@H]3Cc4cc(F)cc(c4)OCCCCN(CCC)C(=O)CCC(=O)N3)CC2)c1. The molecule has 0 radical (unpaired) electrons. The third-order valence-electron chi connectivity index (χ3n) is 7.68. The highest BCUT2D eigenvalue weighted by Gasteiger charge is 2.44. The fourth-order valence-electron chi connectivity index (χ4n) is 5.28. The van der Waals surface area contributed by atoms with E-state index >= 15 is 0 Å². The van der Waals surface area contributed by atoms with Gasteiger partial charge in [-0.05, 0) is 73.9 Å². The Morgan fingerprint density at radius 1 is 1.23 bits per heavy atom. The van der Waals surface area contributed by atoms with Crippen LogP contribution in [0, 0.1) is 18.2 Å². The predicted octanol–water partition coefficient (Wildman–Crippen LogP) is 3.67. The summed E-state index contributed by atoms with van der Waals surface area (Å²) in [6.07, 6.45) is 9.08. The largest absolute Gasteiger partial charge is 0.493 e. The number of carbonyl (C=O) groups excluding carboxylic acids is 2. The third-order valence-corrected chi connectivity index (χ3v) is 7.68. The number of rotatable bonds is 7. The molecule has 2 aromatic rings. The van der Waals surface area contributed by atoms with Crippen molar-refractivity contribution in [3.63, 3.8) is 0 Å². The maximum absolute atomic E-state index is 14.5. The van der Waals surface area contributed by atoms with E-state index in [1.165, 1.54) is 12.1 Å². The van der Waals surface area contributed by atoms with Crippen molar-refractivity contribution in [2.45, 2.75) is 76.0 Å². The lowest BCUT2D eigenvalue weighted by Gasteiger charge is -2.28. The molecule has 2 amide bonds. The van der Waals surface area contributed by atoms with Crippen LogP contribution in [0.2, 0.25) is 0 Å². The molecule has 8 heteroatoms. The molecule has 1 heterocycles. The van der Waals surface area contributed by atoms with Crippen molar-refractivity contribution in [1.82, 2.24) is 15.5 Å². The zero-order chi connectivity index (χ0) is 28.5. The van der Waals surface area contributed by atoms with Gasteiger partial charge < -0.3 is 25.4 Å². The van der Waals surface area contributed by atoms with Gasteiger partial charge in [-0.1, -0.05) is 25.0 Å². The molecule has 1 aliphatic carbocycles. The molecule has 7 nitrogen and oxygen atoms in total. The fraction of sp³-hybridized carbons (Fsp3) is 0.500. The summed E-state index contributed by atoms with van der Waals surface area (Å²) in [5.74, 6) is 2.26. The van der Waals surface area contributed by atoms with Crippen LogP contribution < -0.4 is 15.4 Å². The van der Waals surface area contributed by atoms with E-state index in [-0.39, 0.29) is 43.2 Å². The minimum absolute atomic E-state index is 0.0238. The number of nitrogens with zero attached hydrogens (tertiary/aromatic N) is 1. The van der Waals surface area contributed by atoms with Crippen LogP contribution >= 0.6 is 0 Å². The van der Waals surface area contributed by atoms with Crippen LogP contribution in [0.25, 0.3) is 0 Å². The van der Waals surface area contributed by atoms with Gasteiger partial charge in [-0.15, -0.1) is 6.42 Å². The van der Waals surface area contributed by atoms with Crippen LogP contribution in [0.5, 0.6) is 5.75 Å². The highest BCUT2D eigenvalue weighted by atomic mass is 19.1. The number of carbonyl (C=O) groups is 2. The molecule has 2 aliphatic rings. The van der Waals surface area contributed by atoms with Gasteiger partial charge in [-0.25, -0.2) is 4.39 Å². The van der Waals surface area contributed by atoms with Gasteiger partial charge in [0.15, 0.2) is 0 Å². The number of ether oxygens (including phenoxy) is 1. The quantitative estimate of drug-likeness (QED) is 0.459. The summed E-state index contributed by atoms with van der Waals surface area (Å²) in [6, 6.07) is 11.6. The zero-order valence-electron chi connectivity index (χ0n) is 23.3. The van der Waals surface area contributed by atoms with Crippen LogP contribution in [0.3, 0.4) is 0 Å². The van der Waals surface area contributed by atoms with Crippen molar-refractivity contribution in [2.24, 2.45) is 0 Å². The number of aliphatic hydroxyl groups is 1. The van der Waals surface area contributed by atoms with E-state index in [1.807, 2.05) is 31.2 Å². The molecule has 1 saturated carbocycles.